The van der Waals surface area contributed by atoms with E-state index in [1.165, 1.54) is 10.9 Å². The number of aryl methyl sites for hydroxylation is 2. The monoisotopic (exact) mass is 384 g/mol. The molecule has 0 saturated carbocycles. The predicted octanol–water partition coefficient (Wildman–Crippen LogP) is 1.72. The Balaban J connectivity index is 0.000000319. The van der Waals surface area contributed by atoms with Crippen molar-refractivity contribution in [1.29, 1.82) is 0 Å². The van der Waals surface area contributed by atoms with E-state index in [0.29, 0.717) is 16.5 Å². The van der Waals surface area contributed by atoms with Gasteiger partial charge in [0.05, 0.1) is 5.56 Å². The van der Waals surface area contributed by atoms with Gasteiger partial charge in [0, 0.05) is 51.2 Å². The number of nitrogens with zero attached hydrogens (tertiary/aromatic N) is 4. The molecule has 4 rings (SSSR count). The van der Waals surface area contributed by atoms with Crippen LogP contribution in [0.4, 0.5) is 0 Å². The molecular formula is C20H28N6O2. The topological polar surface area (TPSA) is 95.9 Å². The molecular weight excluding hydrogens is 356 g/mol. The van der Waals surface area contributed by atoms with Crippen LogP contribution < -0.4 is 10.9 Å². The van der Waals surface area contributed by atoms with E-state index < -0.39 is 0 Å². The van der Waals surface area contributed by atoms with E-state index >= 15 is 0 Å². The van der Waals surface area contributed by atoms with Crippen LogP contribution >= 0.6 is 0 Å². The number of pyridine rings is 1. The smallest absolute Gasteiger partial charge is 0.274 e. The van der Waals surface area contributed by atoms with Gasteiger partial charge in [0.25, 0.3) is 11.5 Å². The lowest BCUT2D eigenvalue weighted by Crippen LogP contribution is -2.44. The largest absolute Gasteiger partial charge is 0.357 e. The van der Waals surface area contributed by atoms with Gasteiger partial charge in [-0.1, -0.05) is 0 Å². The lowest BCUT2D eigenvalue weighted by molar-refractivity contribution is 0.0704. The van der Waals surface area contributed by atoms with Crippen molar-refractivity contribution in [3.8, 4) is 0 Å². The number of hydrogen-bond acceptors (Lipinski definition) is 5. The first-order valence-electron chi connectivity index (χ1n) is 9.36. The first-order valence-corrected chi connectivity index (χ1v) is 9.36. The molecule has 28 heavy (non-hydrogen) atoms. The summed E-state index contributed by atoms with van der Waals surface area (Å²) in [7, 11) is 3.52. The normalized spacial score (nSPS) is 14.4. The van der Waals surface area contributed by atoms with Crippen molar-refractivity contribution in [1.82, 2.24) is 29.7 Å². The first-order chi connectivity index (χ1) is 13.5. The Morgan fingerprint density at radius 2 is 2.07 bits per heavy atom. The fraction of sp³-hybridized carbons (Fsp3) is 0.400. The molecule has 8 nitrogen and oxygen atoms in total. The zero-order chi connectivity index (χ0) is 20.1. The highest BCUT2D eigenvalue weighted by atomic mass is 16.2. The second-order valence-electron chi connectivity index (χ2n) is 6.97. The Bertz CT molecular complexity index is 995. The molecule has 0 aliphatic carbocycles. The van der Waals surface area contributed by atoms with Gasteiger partial charge < -0.3 is 19.8 Å². The number of carbonyl (C=O) groups excluding carboxylic acids is 1. The van der Waals surface area contributed by atoms with Crippen molar-refractivity contribution < 1.29 is 6.22 Å². The van der Waals surface area contributed by atoms with Crippen molar-refractivity contribution >= 4 is 16.8 Å². The average molecular weight is 384 g/mol. The number of aromatic nitrogens is 4. The van der Waals surface area contributed by atoms with Crippen LogP contribution in [0.2, 0.25) is 0 Å². The summed E-state index contributed by atoms with van der Waals surface area (Å²) in [5.74, 6) is -0.0258. The summed E-state index contributed by atoms with van der Waals surface area (Å²) in [6.45, 7) is 3.81. The third-order valence-electron chi connectivity index (χ3n) is 5.03. The maximum atomic E-state index is 12.8. The minimum Gasteiger partial charge on any atom is -0.357 e. The predicted molar refractivity (Wildman–Crippen MR) is 110 cm³/mol. The van der Waals surface area contributed by atoms with Crippen molar-refractivity contribution in [3.05, 3.63) is 58.7 Å². The van der Waals surface area contributed by atoms with E-state index in [0.717, 1.165) is 31.6 Å². The van der Waals surface area contributed by atoms with Crippen molar-refractivity contribution in [2.45, 2.75) is 25.8 Å². The Labute approximate surface area is 165 Å². The molecule has 1 aliphatic rings. The highest BCUT2D eigenvalue weighted by Gasteiger charge is 2.25. The van der Waals surface area contributed by atoms with E-state index in [2.05, 4.69) is 20.3 Å². The summed E-state index contributed by atoms with van der Waals surface area (Å²) in [5, 5.41) is 4.00. The van der Waals surface area contributed by atoms with Gasteiger partial charge in [-0.3, -0.25) is 9.59 Å². The number of amides is 1. The quantitative estimate of drug-likeness (QED) is 0.701. The van der Waals surface area contributed by atoms with Crippen LogP contribution in [-0.2, 0) is 7.05 Å². The van der Waals surface area contributed by atoms with Crippen LogP contribution in [0.25, 0.3) is 10.9 Å². The molecule has 0 unspecified atom stereocenters. The number of H-pyrrole nitrogens is 1. The summed E-state index contributed by atoms with van der Waals surface area (Å²) in [4.78, 5) is 37.2. The Kier molecular flexibility index (Phi) is 6.20. The minimum atomic E-state index is -0.115. The fourth-order valence-corrected chi connectivity index (χ4v) is 3.35. The van der Waals surface area contributed by atoms with Crippen molar-refractivity contribution in [2.24, 2.45) is 7.05 Å². The van der Waals surface area contributed by atoms with E-state index in [4.69, 9.17) is 0 Å². The number of fused-ring (bicyclic) bond motifs is 1. The van der Waals surface area contributed by atoms with Crippen molar-refractivity contribution in [2.75, 3.05) is 20.1 Å². The SMILES string of the molecule is CN(C(=O)c1cn(C)c(=O)c2[nH]ccc12)C1CCNCC1.Cc1ccncn1.[HH]. The summed E-state index contributed by atoms with van der Waals surface area (Å²) < 4.78 is 1.46. The summed E-state index contributed by atoms with van der Waals surface area (Å²) >= 11 is 0. The molecule has 1 aliphatic heterocycles. The lowest BCUT2D eigenvalue weighted by Gasteiger charge is -2.31. The van der Waals surface area contributed by atoms with Gasteiger partial charge in [0.15, 0.2) is 0 Å². The molecule has 0 spiro atoms. The molecule has 2 N–H and O–H groups in total. The zero-order valence-corrected chi connectivity index (χ0v) is 16.5. The summed E-state index contributed by atoms with van der Waals surface area (Å²) in [6.07, 6.45) is 8.53. The average Bonchev–Trinajstić information content (AvgIpc) is 3.21. The van der Waals surface area contributed by atoms with E-state index in [-0.39, 0.29) is 18.9 Å². The molecule has 1 amide bonds. The number of piperidine rings is 1. The molecule has 1 saturated heterocycles. The van der Waals surface area contributed by atoms with Gasteiger partial charge in [-0.25, -0.2) is 9.97 Å². The second kappa shape index (κ2) is 8.79. The maximum Gasteiger partial charge on any atom is 0.274 e. The molecule has 4 heterocycles. The highest BCUT2D eigenvalue weighted by Crippen LogP contribution is 2.19. The molecule has 8 heteroatoms. The van der Waals surface area contributed by atoms with Crippen LogP contribution in [0.1, 0.15) is 30.3 Å². The summed E-state index contributed by atoms with van der Waals surface area (Å²) in [6, 6.07) is 3.91. The molecule has 1 fully saturated rings. The van der Waals surface area contributed by atoms with E-state index in [1.807, 2.05) is 24.9 Å². The third-order valence-corrected chi connectivity index (χ3v) is 5.03. The Hall–Kier alpha value is -3.00. The number of aromatic amines is 1. The third kappa shape index (κ3) is 4.28. The number of carbonyl (C=O) groups is 1. The van der Waals surface area contributed by atoms with Gasteiger partial charge in [-0.15, -0.1) is 0 Å². The molecule has 150 valence electrons. The van der Waals surface area contributed by atoms with Gasteiger partial charge in [0.2, 0.25) is 0 Å². The van der Waals surface area contributed by atoms with Crippen LogP contribution in [0.15, 0.2) is 41.8 Å². The van der Waals surface area contributed by atoms with Gasteiger partial charge >= 0.3 is 0 Å². The highest BCUT2D eigenvalue weighted by molar-refractivity contribution is 6.05. The number of rotatable bonds is 2. The van der Waals surface area contributed by atoms with Gasteiger partial charge in [0.1, 0.15) is 11.8 Å². The Morgan fingerprint density at radius 1 is 1.32 bits per heavy atom. The first kappa shape index (κ1) is 19.8. The molecule has 0 bridgehead atoms. The number of nitrogens with one attached hydrogen (secondary N) is 2. The van der Waals surface area contributed by atoms with Crippen LogP contribution in [0, 0.1) is 6.92 Å². The molecule has 0 aromatic carbocycles. The fourth-order valence-electron chi connectivity index (χ4n) is 3.35. The van der Waals surface area contributed by atoms with E-state index in [1.54, 1.807) is 31.7 Å². The molecule has 3 aromatic rings. The second-order valence-corrected chi connectivity index (χ2v) is 6.97. The maximum absolute atomic E-state index is 12.8. The molecule has 3 aromatic heterocycles. The van der Waals surface area contributed by atoms with Crippen LogP contribution in [0.3, 0.4) is 0 Å². The molecule has 0 atom stereocenters. The number of hydrogen-bond donors (Lipinski definition) is 2. The lowest BCUT2D eigenvalue weighted by atomic mass is 10.0. The summed E-state index contributed by atoms with van der Waals surface area (Å²) in [5.41, 5.74) is 1.96. The Morgan fingerprint density at radius 3 is 2.68 bits per heavy atom. The molecule has 0 radical (unpaired) electrons. The van der Waals surface area contributed by atoms with Crippen LogP contribution in [-0.4, -0.2) is 56.5 Å². The van der Waals surface area contributed by atoms with Gasteiger partial charge in [-0.05, 0) is 45.0 Å². The zero-order valence-electron chi connectivity index (χ0n) is 16.5. The minimum absolute atomic E-state index is 0. The van der Waals surface area contributed by atoms with Crippen LogP contribution in [0.5, 0.6) is 0 Å². The van der Waals surface area contributed by atoms with Gasteiger partial charge in [-0.2, -0.15) is 0 Å². The van der Waals surface area contributed by atoms with E-state index in [9.17, 15) is 9.59 Å². The standard InChI is InChI=1S/C15H20N4O2.C5H6N2.H2/c1-18-9-12(11-5-8-17-13(11)15(18)21)14(20)19(2)10-3-6-16-7-4-10;1-5-2-3-6-4-7-5;/h5,8-10,16-17H,3-4,6-7H2,1-2H3;2-4H,1H3;1H. The van der Waals surface area contributed by atoms with Crippen molar-refractivity contribution in [3.63, 3.8) is 0 Å².